The Hall–Kier alpha value is -2.19. The lowest BCUT2D eigenvalue weighted by Crippen LogP contribution is -2.55. The number of aliphatic hydroxyl groups is 1. The van der Waals surface area contributed by atoms with Crippen molar-refractivity contribution >= 4 is 22.8 Å². The molecule has 2 aromatic rings. The standard InChI is InChI=1S/C20H27N5O3/c1-2-3-4-17(27)24-8-16-14(9-26)15-7-25(11-20(15,10-24)28-16)19-13-5-6-21-18(13)22-12-23-19/h5-6,12,14-16,26H,2-4,7-11H2,1H3,(H,21,22,23)/t14-,15+,16+,20+/m0/s1. The van der Waals surface area contributed by atoms with Crippen LogP contribution >= 0.6 is 0 Å². The second kappa shape index (κ2) is 6.70. The molecule has 0 aliphatic carbocycles. The van der Waals surface area contributed by atoms with Crippen molar-refractivity contribution in [3.8, 4) is 0 Å². The number of amides is 1. The van der Waals surface area contributed by atoms with Crippen molar-refractivity contribution in [3.63, 3.8) is 0 Å². The van der Waals surface area contributed by atoms with E-state index in [2.05, 4.69) is 26.8 Å². The van der Waals surface area contributed by atoms with Crippen molar-refractivity contribution in [1.82, 2.24) is 19.9 Å². The van der Waals surface area contributed by atoms with E-state index in [0.717, 1.165) is 36.2 Å². The number of morpholine rings is 1. The lowest BCUT2D eigenvalue weighted by atomic mass is 9.83. The molecule has 4 atom stereocenters. The summed E-state index contributed by atoms with van der Waals surface area (Å²) < 4.78 is 6.50. The molecule has 2 bridgehead atoms. The predicted molar refractivity (Wildman–Crippen MR) is 104 cm³/mol. The Morgan fingerprint density at radius 2 is 2.29 bits per heavy atom. The summed E-state index contributed by atoms with van der Waals surface area (Å²) in [4.78, 5) is 28.9. The Balaban J connectivity index is 1.44. The topological polar surface area (TPSA) is 94.6 Å². The van der Waals surface area contributed by atoms with Gasteiger partial charge in [0.2, 0.25) is 5.91 Å². The number of nitrogens with zero attached hydrogens (tertiary/aromatic N) is 4. The van der Waals surface area contributed by atoms with Gasteiger partial charge in [-0.2, -0.15) is 0 Å². The number of aliphatic hydroxyl groups excluding tert-OH is 1. The van der Waals surface area contributed by atoms with E-state index >= 15 is 0 Å². The highest BCUT2D eigenvalue weighted by Crippen LogP contribution is 2.50. The number of likely N-dealkylation sites (tertiary alicyclic amines) is 1. The minimum atomic E-state index is -0.425. The van der Waals surface area contributed by atoms with Gasteiger partial charge in [-0.3, -0.25) is 4.79 Å². The first-order valence-electron chi connectivity index (χ1n) is 10.2. The molecule has 3 fully saturated rings. The molecule has 5 heterocycles. The van der Waals surface area contributed by atoms with Crippen molar-refractivity contribution in [3.05, 3.63) is 18.6 Å². The number of hydrogen-bond donors (Lipinski definition) is 2. The molecule has 1 spiro atoms. The zero-order chi connectivity index (χ0) is 19.3. The van der Waals surface area contributed by atoms with Crippen LogP contribution in [0.5, 0.6) is 0 Å². The summed E-state index contributed by atoms with van der Waals surface area (Å²) in [7, 11) is 0. The third-order valence-corrected chi connectivity index (χ3v) is 6.73. The quantitative estimate of drug-likeness (QED) is 0.802. The third kappa shape index (κ3) is 2.62. The van der Waals surface area contributed by atoms with Gasteiger partial charge in [-0.05, 0) is 12.5 Å². The van der Waals surface area contributed by atoms with Crippen LogP contribution in [0.4, 0.5) is 5.82 Å². The average molecular weight is 385 g/mol. The minimum Gasteiger partial charge on any atom is -0.396 e. The van der Waals surface area contributed by atoms with Gasteiger partial charge in [0, 0.05) is 44.1 Å². The van der Waals surface area contributed by atoms with E-state index in [9.17, 15) is 9.90 Å². The molecule has 2 aromatic heterocycles. The number of aromatic amines is 1. The van der Waals surface area contributed by atoms with Gasteiger partial charge in [-0.15, -0.1) is 0 Å². The van der Waals surface area contributed by atoms with E-state index in [0.29, 0.717) is 26.1 Å². The van der Waals surface area contributed by atoms with Crippen molar-refractivity contribution < 1.29 is 14.6 Å². The summed E-state index contributed by atoms with van der Waals surface area (Å²) in [6.07, 6.45) is 5.90. The second-order valence-electron chi connectivity index (χ2n) is 8.37. The maximum Gasteiger partial charge on any atom is 0.222 e. The van der Waals surface area contributed by atoms with Gasteiger partial charge in [0.15, 0.2) is 0 Å². The van der Waals surface area contributed by atoms with E-state index in [1.165, 1.54) is 0 Å². The lowest BCUT2D eigenvalue weighted by molar-refractivity contribution is -0.151. The van der Waals surface area contributed by atoms with Gasteiger partial charge in [0.1, 0.15) is 23.4 Å². The summed E-state index contributed by atoms with van der Waals surface area (Å²) in [5.41, 5.74) is 0.392. The lowest BCUT2D eigenvalue weighted by Gasteiger charge is -2.40. The number of ether oxygens (including phenoxy) is 1. The maximum absolute atomic E-state index is 12.7. The highest BCUT2D eigenvalue weighted by molar-refractivity contribution is 5.87. The minimum absolute atomic E-state index is 0.0533. The molecule has 8 heteroatoms. The van der Waals surface area contributed by atoms with Crippen molar-refractivity contribution in [2.24, 2.45) is 11.8 Å². The van der Waals surface area contributed by atoms with Gasteiger partial charge >= 0.3 is 0 Å². The van der Waals surface area contributed by atoms with Gasteiger partial charge in [-0.1, -0.05) is 13.3 Å². The number of fused-ring (bicyclic) bond motifs is 2. The average Bonchev–Trinajstić information content (AvgIpc) is 3.36. The fourth-order valence-corrected chi connectivity index (χ4v) is 5.38. The second-order valence-corrected chi connectivity index (χ2v) is 8.37. The van der Waals surface area contributed by atoms with Crippen LogP contribution in [0.1, 0.15) is 26.2 Å². The normalized spacial score (nSPS) is 31.6. The molecule has 8 nitrogen and oxygen atoms in total. The van der Waals surface area contributed by atoms with Crippen LogP contribution in [0.3, 0.4) is 0 Å². The first-order valence-corrected chi connectivity index (χ1v) is 10.2. The van der Waals surface area contributed by atoms with Gasteiger partial charge < -0.3 is 24.6 Å². The Morgan fingerprint density at radius 1 is 1.39 bits per heavy atom. The Kier molecular flexibility index (Phi) is 4.28. The first-order chi connectivity index (χ1) is 13.6. The van der Waals surface area contributed by atoms with Gasteiger partial charge in [-0.25, -0.2) is 9.97 Å². The number of anilines is 1. The van der Waals surface area contributed by atoms with Crippen LogP contribution in [-0.4, -0.2) is 75.4 Å². The third-order valence-electron chi connectivity index (χ3n) is 6.73. The molecule has 0 saturated carbocycles. The molecule has 2 N–H and O–H groups in total. The molecule has 3 aliphatic rings. The number of carbonyl (C=O) groups is 1. The van der Waals surface area contributed by atoms with Crippen LogP contribution in [0.25, 0.3) is 11.0 Å². The molecular formula is C20H27N5O3. The van der Waals surface area contributed by atoms with E-state index in [1.54, 1.807) is 6.33 Å². The molecule has 5 rings (SSSR count). The van der Waals surface area contributed by atoms with Crippen molar-refractivity contribution in [1.29, 1.82) is 0 Å². The molecule has 150 valence electrons. The van der Waals surface area contributed by atoms with E-state index in [1.807, 2.05) is 17.2 Å². The zero-order valence-corrected chi connectivity index (χ0v) is 16.2. The highest BCUT2D eigenvalue weighted by atomic mass is 16.5. The number of aromatic nitrogens is 3. The summed E-state index contributed by atoms with van der Waals surface area (Å²) in [6.45, 7) is 4.85. The summed E-state index contributed by atoms with van der Waals surface area (Å²) in [5, 5.41) is 11.1. The number of carbonyl (C=O) groups excluding carboxylic acids is 1. The molecule has 0 aromatic carbocycles. The van der Waals surface area contributed by atoms with E-state index < -0.39 is 5.60 Å². The Labute approximate surface area is 163 Å². The fourth-order valence-electron chi connectivity index (χ4n) is 5.38. The summed E-state index contributed by atoms with van der Waals surface area (Å²) in [6, 6.07) is 1.99. The van der Waals surface area contributed by atoms with E-state index in [-0.39, 0.29) is 30.5 Å². The van der Waals surface area contributed by atoms with Gasteiger partial charge in [0.25, 0.3) is 0 Å². The fraction of sp³-hybridized carbons (Fsp3) is 0.650. The summed E-state index contributed by atoms with van der Waals surface area (Å²) in [5.74, 6) is 1.34. The van der Waals surface area contributed by atoms with Crippen molar-refractivity contribution in [2.75, 3.05) is 37.7 Å². The molecule has 3 aliphatic heterocycles. The number of nitrogens with one attached hydrogen (secondary N) is 1. The Morgan fingerprint density at radius 3 is 3.11 bits per heavy atom. The van der Waals surface area contributed by atoms with E-state index in [4.69, 9.17) is 4.74 Å². The summed E-state index contributed by atoms with van der Waals surface area (Å²) >= 11 is 0. The molecule has 0 radical (unpaired) electrons. The van der Waals surface area contributed by atoms with Crippen LogP contribution in [0.15, 0.2) is 18.6 Å². The monoisotopic (exact) mass is 385 g/mol. The number of rotatable bonds is 5. The van der Waals surface area contributed by atoms with Crippen LogP contribution in [0, 0.1) is 11.8 Å². The predicted octanol–water partition coefficient (Wildman–Crippen LogP) is 1.17. The largest absolute Gasteiger partial charge is 0.396 e. The Bertz CT molecular complexity index is 886. The number of H-pyrrole nitrogens is 1. The highest BCUT2D eigenvalue weighted by Gasteiger charge is 2.63. The van der Waals surface area contributed by atoms with Crippen LogP contribution in [-0.2, 0) is 9.53 Å². The van der Waals surface area contributed by atoms with Crippen LogP contribution < -0.4 is 4.90 Å². The maximum atomic E-state index is 12.7. The van der Waals surface area contributed by atoms with Crippen LogP contribution in [0.2, 0.25) is 0 Å². The van der Waals surface area contributed by atoms with Crippen molar-refractivity contribution in [2.45, 2.75) is 37.9 Å². The molecule has 1 amide bonds. The number of unbranched alkanes of at least 4 members (excludes halogenated alkanes) is 1. The number of hydrogen-bond acceptors (Lipinski definition) is 6. The van der Waals surface area contributed by atoms with Gasteiger partial charge in [0.05, 0.1) is 24.6 Å². The molecule has 0 unspecified atom stereocenters. The zero-order valence-electron chi connectivity index (χ0n) is 16.2. The SMILES string of the molecule is CCCCC(=O)N1C[C@H]2O[C@]3(C1)CN(c1ncnc4[nH]ccc14)C[C@@H]3[C@@H]2CO. The first kappa shape index (κ1) is 17.9. The molecule has 28 heavy (non-hydrogen) atoms. The molecule has 3 saturated heterocycles. The molecular weight excluding hydrogens is 358 g/mol. The smallest absolute Gasteiger partial charge is 0.222 e.